The minimum Gasteiger partial charge on any atom is -0.497 e. The summed E-state index contributed by atoms with van der Waals surface area (Å²) in [7, 11) is 1.59. The molecule has 3 N–H and O–H groups in total. The van der Waals surface area contributed by atoms with Crippen LogP contribution in [-0.4, -0.2) is 36.5 Å². The van der Waals surface area contributed by atoms with Crippen molar-refractivity contribution in [3.05, 3.63) is 30.0 Å². The lowest BCUT2D eigenvalue weighted by Crippen LogP contribution is -2.39. The summed E-state index contributed by atoms with van der Waals surface area (Å²) >= 11 is 0. The van der Waals surface area contributed by atoms with Crippen LogP contribution in [0.4, 0.5) is 0 Å². The van der Waals surface area contributed by atoms with E-state index >= 15 is 0 Å². The number of carbonyl (C=O) groups is 2. The number of carbonyl (C=O) groups excluding carboxylic acids is 2. The molecule has 2 rings (SSSR count). The molecule has 1 aromatic heterocycles. The number of amides is 2. The van der Waals surface area contributed by atoms with Crippen molar-refractivity contribution in [1.29, 1.82) is 0 Å². The summed E-state index contributed by atoms with van der Waals surface area (Å²) in [5, 5.41) is 6.20. The zero-order chi connectivity index (χ0) is 15.4. The van der Waals surface area contributed by atoms with Crippen LogP contribution in [0.2, 0.25) is 0 Å². The first-order valence-corrected chi connectivity index (χ1v) is 6.74. The molecule has 0 saturated carbocycles. The quantitative estimate of drug-likeness (QED) is 0.778. The highest BCUT2D eigenvalue weighted by Gasteiger charge is 2.11. The number of hydrogen-bond acceptors (Lipinski definition) is 3. The van der Waals surface area contributed by atoms with E-state index in [0.29, 0.717) is 11.4 Å². The molecule has 0 saturated heterocycles. The fourth-order valence-electron chi connectivity index (χ4n) is 1.98. The molecule has 1 aromatic carbocycles. The van der Waals surface area contributed by atoms with Crippen molar-refractivity contribution in [2.45, 2.75) is 19.9 Å². The van der Waals surface area contributed by atoms with Gasteiger partial charge in [0, 0.05) is 23.0 Å². The van der Waals surface area contributed by atoms with E-state index in [9.17, 15) is 9.59 Å². The van der Waals surface area contributed by atoms with Gasteiger partial charge in [-0.25, -0.2) is 0 Å². The Bertz CT molecular complexity index is 661. The van der Waals surface area contributed by atoms with Gasteiger partial charge < -0.3 is 20.4 Å². The highest BCUT2D eigenvalue weighted by atomic mass is 16.5. The van der Waals surface area contributed by atoms with Crippen molar-refractivity contribution in [3.63, 3.8) is 0 Å². The van der Waals surface area contributed by atoms with Gasteiger partial charge in [0.2, 0.25) is 5.91 Å². The van der Waals surface area contributed by atoms with Crippen LogP contribution >= 0.6 is 0 Å². The van der Waals surface area contributed by atoms with Crippen LogP contribution in [0.3, 0.4) is 0 Å². The molecule has 6 nitrogen and oxygen atoms in total. The van der Waals surface area contributed by atoms with Gasteiger partial charge in [0.05, 0.1) is 13.7 Å². The Hall–Kier alpha value is -2.50. The number of aromatic nitrogens is 1. The Kier molecular flexibility index (Phi) is 4.47. The zero-order valence-electron chi connectivity index (χ0n) is 12.3. The Morgan fingerprint density at radius 3 is 2.71 bits per heavy atom. The van der Waals surface area contributed by atoms with E-state index in [2.05, 4.69) is 15.6 Å². The third-order valence-electron chi connectivity index (χ3n) is 2.93. The molecular formula is C15H19N3O3. The predicted molar refractivity (Wildman–Crippen MR) is 80.5 cm³/mol. The minimum absolute atomic E-state index is 0.0459. The van der Waals surface area contributed by atoms with Crippen molar-refractivity contribution < 1.29 is 14.3 Å². The molecule has 0 bridgehead atoms. The Morgan fingerprint density at radius 2 is 2.05 bits per heavy atom. The highest BCUT2D eigenvalue weighted by Crippen LogP contribution is 2.21. The number of fused-ring (bicyclic) bond motifs is 1. The summed E-state index contributed by atoms with van der Waals surface area (Å²) < 4.78 is 5.13. The lowest BCUT2D eigenvalue weighted by molar-refractivity contribution is -0.120. The lowest BCUT2D eigenvalue weighted by atomic mass is 10.2. The third kappa shape index (κ3) is 3.75. The monoisotopic (exact) mass is 289 g/mol. The first-order chi connectivity index (χ1) is 9.99. The molecule has 0 aliphatic carbocycles. The van der Waals surface area contributed by atoms with E-state index in [1.165, 1.54) is 0 Å². The molecule has 0 spiro atoms. The molecule has 2 amide bonds. The molecule has 0 unspecified atom stereocenters. The molecule has 0 atom stereocenters. The number of methoxy groups -OCH3 is 1. The third-order valence-corrected chi connectivity index (χ3v) is 2.93. The van der Waals surface area contributed by atoms with E-state index in [1.54, 1.807) is 13.2 Å². The second kappa shape index (κ2) is 6.30. The van der Waals surface area contributed by atoms with Crippen molar-refractivity contribution in [2.75, 3.05) is 13.7 Å². The SMILES string of the molecule is COc1ccc2cc(C(=O)NCC(=O)NC(C)C)[nH]c2c1. The summed E-state index contributed by atoms with van der Waals surface area (Å²) in [6.07, 6.45) is 0. The standard InChI is InChI=1S/C15H19N3O3/c1-9(2)17-14(19)8-16-15(20)13-6-10-4-5-11(21-3)7-12(10)18-13/h4-7,9,18H,8H2,1-3H3,(H,16,20)(H,17,19). The second-order valence-electron chi connectivity index (χ2n) is 5.04. The number of aromatic amines is 1. The van der Waals surface area contributed by atoms with Crippen molar-refractivity contribution in [2.24, 2.45) is 0 Å². The Labute approximate surface area is 122 Å². The topological polar surface area (TPSA) is 83.2 Å². The number of hydrogen-bond donors (Lipinski definition) is 3. The van der Waals surface area contributed by atoms with Gasteiger partial charge in [-0.2, -0.15) is 0 Å². The number of ether oxygens (including phenoxy) is 1. The number of nitrogens with one attached hydrogen (secondary N) is 3. The average Bonchev–Trinajstić information content (AvgIpc) is 2.86. The Balaban J connectivity index is 2.04. The first kappa shape index (κ1) is 14.9. The molecule has 0 aliphatic rings. The van der Waals surface area contributed by atoms with Crippen LogP contribution in [0, 0.1) is 0 Å². The molecule has 0 fully saturated rings. The Morgan fingerprint density at radius 1 is 1.29 bits per heavy atom. The average molecular weight is 289 g/mol. The van der Waals surface area contributed by atoms with Gasteiger partial charge in [0.1, 0.15) is 11.4 Å². The number of H-pyrrole nitrogens is 1. The summed E-state index contributed by atoms with van der Waals surface area (Å²) in [5.74, 6) is 0.188. The van der Waals surface area contributed by atoms with Crippen molar-refractivity contribution in [3.8, 4) is 5.75 Å². The van der Waals surface area contributed by atoms with Crippen LogP contribution in [-0.2, 0) is 4.79 Å². The fraction of sp³-hybridized carbons (Fsp3) is 0.333. The summed E-state index contributed by atoms with van der Waals surface area (Å²) in [4.78, 5) is 26.5. The molecule has 2 aromatic rings. The maximum atomic E-state index is 12.0. The summed E-state index contributed by atoms with van der Waals surface area (Å²) in [5.41, 5.74) is 1.22. The van der Waals surface area contributed by atoms with Gasteiger partial charge in [-0.1, -0.05) is 0 Å². The maximum absolute atomic E-state index is 12.0. The largest absolute Gasteiger partial charge is 0.497 e. The van der Waals surface area contributed by atoms with Gasteiger partial charge in [-0.15, -0.1) is 0 Å². The van der Waals surface area contributed by atoms with Crippen molar-refractivity contribution >= 4 is 22.7 Å². The molecule has 0 radical (unpaired) electrons. The van der Waals surface area contributed by atoms with Gasteiger partial charge >= 0.3 is 0 Å². The molecule has 6 heteroatoms. The van der Waals surface area contributed by atoms with Crippen LogP contribution < -0.4 is 15.4 Å². The van der Waals surface area contributed by atoms with Crippen LogP contribution in [0.1, 0.15) is 24.3 Å². The fourth-order valence-corrected chi connectivity index (χ4v) is 1.98. The molecule has 1 heterocycles. The number of benzene rings is 1. The molecule has 21 heavy (non-hydrogen) atoms. The van der Waals surface area contributed by atoms with Gasteiger partial charge in [-0.05, 0) is 32.0 Å². The predicted octanol–water partition coefficient (Wildman–Crippen LogP) is 1.43. The van der Waals surface area contributed by atoms with Gasteiger partial charge in [-0.3, -0.25) is 9.59 Å². The zero-order valence-corrected chi connectivity index (χ0v) is 12.3. The lowest BCUT2D eigenvalue weighted by Gasteiger charge is -2.08. The minimum atomic E-state index is -0.316. The van der Waals surface area contributed by atoms with E-state index in [1.807, 2.05) is 32.0 Å². The van der Waals surface area contributed by atoms with Crippen LogP contribution in [0.5, 0.6) is 5.75 Å². The van der Waals surface area contributed by atoms with Gasteiger partial charge in [0.15, 0.2) is 0 Å². The van der Waals surface area contributed by atoms with Gasteiger partial charge in [0.25, 0.3) is 5.91 Å². The maximum Gasteiger partial charge on any atom is 0.268 e. The van der Waals surface area contributed by atoms with E-state index in [0.717, 1.165) is 10.9 Å². The highest BCUT2D eigenvalue weighted by molar-refractivity contribution is 5.99. The molecule has 112 valence electrons. The first-order valence-electron chi connectivity index (χ1n) is 6.74. The normalized spacial score (nSPS) is 10.7. The molecule has 0 aliphatic heterocycles. The second-order valence-corrected chi connectivity index (χ2v) is 5.04. The summed E-state index contributed by atoms with van der Waals surface area (Å²) in [6, 6.07) is 7.30. The van der Waals surface area contributed by atoms with E-state index in [4.69, 9.17) is 4.74 Å². The molecular weight excluding hydrogens is 270 g/mol. The van der Waals surface area contributed by atoms with E-state index in [-0.39, 0.29) is 24.4 Å². The number of rotatable bonds is 5. The van der Waals surface area contributed by atoms with Crippen LogP contribution in [0.15, 0.2) is 24.3 Å². The van der Waals surface area contributed by atoms with Crippen molar-refractivity contribution in [1.82, 2.24) is 15.6 Å². The van der Waals surface area contributed by atoms with Crippen LogP contribution in [0.25, 0.3) is 10.9 Å². The van der Waals surface area contributed by atoms with E-state index < -0.39 is 0 Å². The smallest absolute Gasteiger partial charge is 0.268 e. The summed E-state index contributed by atoms with van der Waals surface area (Å²) in [6.45, 7) is 3.69.